The van der Waals surface area contributed by atoms with E-state index in [9.17, 15) is 9.90 Å². The minimum atomic E-state index is -0.305. The number of phenols is 1. The van der Waals surface area contributed by atoms with Crippen molar-refractivity contribution in [2.24, 2.45) is 0 Å². The summed E-state index contributed by atoms with van der Waals surface area (Å²) in [7, 11) is 0. The van der Waals surface area contributed by atoms with Crippen LogP contribution < -0.4 is 5.32 Å². The fraction of sp³-hybridized carbons (Fsp3) is 0.167. The molecule has 1 aromatic carbocycles. The third-order valence-electron chi connectivity index (χ3n) is 2.39. The number of aromatic nitrogens is 2. The third kappa shape index (κ3) is 2.63. The molecule has 0 atom stereocenters. The van der Waals surface area contributed by atoms with E-state index in [1.807, 2.05) is 6.92 Å². The number of hydrogen-bond donors (Lipinski definition) is 3. The van der Waals surface area contributed by atoms with E-state index < -0.39 is 0 Å². The van der Waals surface area contributed by atoms with Gasteiger partial charge >= 0.3 is 0 Å². The van der Waals surface area contributed by atoms with Crippen LogP contribution in [0.3, 0.4) is 0 Å². The molecule has 3 N–H and O–H groups in total. The van der Waals surface area contributed by atoms with Crippen molar-refractivity contribution in [3.05, 3.63) is 47.5 Å². The summed E-state index contributed by atoms with van der Waals surface area (Å²) in [5.74, 6) is -0.321. The molecular formula is C12H13N3O2. The molecule has 17 heavy (non-hydrogen) atoms. The van der Waals surface area contributed by atoms with Crippen molar-refractivity contribution in [2.45, 2.75) is 13.5 Å². The molecule has 0 radical (unpaired) electrons. The number of carbonyl (C=O) groups excluding carboxylic acids is 1. The number of amides is 1. The standard InChI is InChI=1S/C12H13N3O2/c1-8-2-3-11(16)10(4-8)12(17)14-6-9-5-13-7-15-9/h2-5,7,16H,6H2,1H3,(H,13,15)(H,14,17). The van der Waals surface area contributed by atoms with Gasteiger partial charge in [0.1, 0.15) is 5.75 Å². The molecule has 2 rings (SSSR count). The van der Waals surface area contributed by atoms with Crippen LogP contribution >= 0.6 is 0 Å². The quantitative estimate of drug-likeness (QED) is 0.746. The van der Waals surface area contributed by atoms with E-state index in [0.29, 0.717) is 6.54 Å². The second-order valence-electron chi connectivity index (χ2n) is 3.78. The SMILES string of the molecule is Cc1ccc(O)c(C(=O)NCc2cnc[nH]2)c1. The Morgan fingerprint density at radius 2 is 2.35 bits per heavy atom. The van der Waals surface area contributed by atoms with Crippen LogP contribution in [0.15, 0.2) is 30.7 Å². The van der Waals surface area contributed by atoms with Gasteiger partial charge in [0.05, 0.1) is 24.1 Å². The van der Waals surface area contributed by atoms with Crippen LogP contribution in [0.1, 0.15) is 21.6 Å². The molecule has 1 aromatic heterocycles. The Balaban J connectivity index is 2.07. The number of imidazole rings is 1. The number of aromatic hydroxyl groups is 1. The van der Waals surface area contributed by atoms with E-state index in [1.165, 1.54) is 6.07 Å². The first-order chi connectivity index (χ1) is 8.16. The number of aryl methyl sites for hydroxylation is 1. The van der Waals surface area contributed by atoms with Crippen molar-refractivity contribution in [3.63, 3.8) is 0 Å². The monoisotopic (exact) mass is 231 g/mol. The van der Waals surface area contributed by atoms with E-state index in [2.05, 4.69) is 15.3 Å². The Labute approximate surface area is 98.5 Å². The number of H-pyrrole nitrogens is 1. The second-order valence-corrected chi connectivity index (χ2v) is 3.78. The van der Waals surface area contributed by atoms with Crippen LogP contribution in [0.25, 0.3) is 0 Å². The average molecular weight is 231 g/mol. The summed E-state index contributed by atoms with van der Waals surface area (Å²) in [5.41, 5.74) is 2.02. The van der Waals surface area contributed by atoms with Crippen LogP contribution in [0.5, 0.6) is 5.75 Å². The Kier molecular flexibility index (Phi) is 3.09. The summed E-state index contributed by atoms with van der Waals surface area (Å²) in [5, 5.41) is 12.3. The normalized spacial score (nSPS) is 10.2. The van der Waals surface area contributed by atoms with Crippen molar-refractivity contribution in [2.75, 3.05) is 0 Å². The van der Waals surface area contributed by atoms with Crippen LogP contribution in [0.2, 0.25) is 0 Å². The van der Waals surface area contributed by atoms with Gasteiger partial charge in [-0.1, -0.05) is 11.6 Å². The predicted octanol–water partition coefficient (Wildman–Crippen LogP) is 1.35. The van der Waals surface area contributed by atoms with Crippen molar-refractivity contribution in [3.8, 4) is 5.75 Å². The molecule has 5 heteroatoms. The molecule has 0 aliphatic rings. The molecule has 1 heterocycles. The maximum absolute atomic E-state index is 11.8. The van der Waals surface area contributed by atoms with Crippen molar-refractivity contribution in [1.82, 2.24) is 15.3 Å². The molecule has 5 nitrogen and oxygen atoms in total. The summed E-state index contributed by atoms with van der Waals surface area (Å²) >= 11 is 0. The highest BCUT2D eigenvalue weighted by molar-refractivity contribution is 5.96. The topological polar surface area (TPSA) is 78.0 Å². The van der Waals surface area contributed by atoms with Gasteiger partial charge in [0, 0.05) is 6.20 Å². The maximum atomic E-state index is 11.8. The minimum absolute atomic E-state index is 0.0160. The molecule has 0 aliphatic heterocycles. The molecule has 0 aliphatic carbocycles. The average Bonchev–Trinajstić information content (AvgIpc) is 2.82. The van der Waals surface area contributed by atoms with Gasteiger partial charge in [-0.05, 0) is 19.1 Å². The van der Waals surface area contributed by atoms with Gasteiger partial charge in [-0.3, -0.25) is 4.79 Å². The first kappa shape index (κ1) is 11.2. The summed E-state index contributed by atoms with van der Waals surface area (Å²) in [6.45, 7) is 2.22. The van der Waals surface area contributed by atoms with Gasteiger partial charge in [-0.25, -0.2) is 4.98 Å². The molecule has 0 unspecified atom stereocenters. The number of rotatable bonds is 3. The lowest BCUT2D eigenvalue weighted by Crippen LogP contribution is -2.23. The van der Waals surface area contributed by atoms with E-state index in [1.54, 1.807) is 24.7 Å². The molecule has 0 bridgehead atoms. The van der Waals surface area contributed by atoms with E-state index in [0.717, 1.165) is 11.3 Å². The first-order valence-electron chi connectivity index (χ1n) is 5.22. The highest BCUT2D eigenvalue weighted by atomic mass is 16.3. The number of benzene rings is 1. The number of aromatic amines is 1. The third-order valence-corrected chi connectivity index (χ3v) is 2.39. The van der Waals surface area contributed by atoms with E-state index in [4.69, 9.17) is 0 Å². The lowest BCUT2D eigenvalue weighted by Gasteiger charge is -2.06. The predicted molar refractivity (Wildman–Crippen MR) is 62.6 cm³/mol. The van der Waals surface area contributed by atoms with Crippen LogP contribution in [-0.4, -0.2) is 21.0 Å². The lowest BCUT2D eigenvalue weighted by molar-refractivity contribution is 0.0947. The molecule has 0 fully saturated rings. The fourth-order valence-electron chi connectivity index (χ4n) is 1.48. The van der Waals surface area contributed by atoms with E-state index in [-0.39, 0.29) is 17.2 Å². The van der Waals surface area contributed by atoms with Gasteiger partial charge in [0.2, 0.25) is 0 Å². The zero-order valence-corrected chi connectivity index (χ0v) is 9.40. The van der Waals surface area contributed by atoms with Gasteiger partial charge in [0.15, 0.2) is 0 Å². The molecular weight excluding hydrogens is 218 g/mol. The molecule has 88 valence electrons. The summed E-state index contributed by atoms with van der Waals surface area (Å²) in [4.78, 5) is 18.5. The summed E-state index contributed by atoms with van der Waals surface area (Å²) in [6, 6.07) is 4.92. The Morgan fingerprint density at radius 1 is 1.53 bits per heavy atom. The zero-order chi connectivity index (χ0) is 12.3. The van der Waals surface area contributed by atoms with Crippen LogP contribution in [0.4, 0.5) is 0 Å². The van der Waals surface area contributed by atoms with Crippen molar-refractivity contribution >= 4 is 5.91 Å². The molecule has 0 saturated heterocycles. The Hall–Kier alpha value is -2.30. The van der Waals surface area contributed by atoms with Crippen molar-refractivity contribution in [1.29, 1.82) is 0 Å². The summed E-state index contributed by atoms with van der Waals surface area (Å²) < 4.78 is 0. The van der Waals surface area contributed by atoms with Gasteiger partial charge < -0.3 is 15.4 Å². The fourth-order valence-corrected chi connectivity index (χ4v) is 1.48. The number of phenolic OH excluding ortho intramolecular Hbond substituents is 1. The number of carbonyl (C=O) groups is 1. The largest absolute Gasteiger partial charge is 0.507 e. The van der Waals surface area contributed by atoms with Crippen LogP contribution in [0, 0.1) is 6.92 Å². The molecule has 0 spiro atoms. The number of nitrogens with one attached hydrogen (secondary N) is 2. The first-order valence-corrected chi connectivity index (χ1v) is 5.22. The van der Waals surface area contributed by atoms with Gasteiger partial charge in [-0.2, -0.15) is 0 Å². The van der Waals surface area contributed by atoms with Gasteiger partial charge in [0.25, 0.3) is 5.91 Å². The number of hydrogen-bond acceptors (Lipinski definition) is 3. The molecule has 2 aromatic rings. The Morgan fingerprint density at radius 3 is 3.06 bits per heavy atom. The highest BCUT2D eigenvalue weighted by Crippen LogP contribution is 2.17. The lowest BCUT2D eigenvalue weighted by atomic mass is 10.1. The molecule has 1 amide bonds. The van der Waals surface area contributed by atoms with Crippen LogP contribution in [-0.2, 0) is 6.54 Å². The minimum Gasteiger partial charge on any atom is -0.507 e. The zero-order valence-electron chi connectivity index (χ0n) is 9.40. The van der Waals surface area contributed by atoms with E-state index >= 15 is 0 Å². The van der Waals surface area contributed by atoms with Gasteiger partial charge in [-0.15, -0.1) is 0 Å². The van der Waals surface area contributed by atoms with Crippen molar-refractivity contribution < 1.29 is 9.90 Å². The Bertz CT molecular complexity index is 521. The smallest absolute Gasteiger partial charge is 0.255 e. The maximum Gasteiger partial charge on any atom is 0.255 e. The number of nitrogens with zero attached hydrogens (tertiary/aromatic N) is 1. The molecule has 0 saturated carbocycles. The summed E-state index contributed by atoms with van der Waals surface area (Å²) in [6.07, 6.45) is 3.18. The highest BCUT2D eigenvalue weighted by Gasteiger charge is 2.10. The second kappa shape index (κ2) is 4.69.